The van der Waals surface area contributed by atoms with E-state index in [0.717, 1.165) is 146 Å². The van der Waals surface area contributed by atoms with Gasteiger partial charge in [-0.3, -0.25) is 38.4 Å². The van der Waals surface area contributed by atoms with Gasteiger partial charge in [0.2, 0.25) is 23.6 Å². The average molecular weight is 1790 g/mol. The van der Waals surface area contributed by atoms with E-state index in [0.29, 0.717) is 61.6 Å². The third-order valence-electron chi connectivity index (χ3n) is 27.1. The lowest BCUT2D eigenvalue weighted by molar-refractivity contribution is -0.124. The first-order chi connectivity index (χ1) is 64.6. The minimum absolute atomic E-state index is 0.00232. The fourth-order valence-corrected chi connectivity index (χ4v) is 20.2. The van der Waals surface area contributed by atoms with Crippen LogP contribution in [0.25, 0.3) is 0 Å². The Morgan fingerprint density at radius 3 is 1.05 bits per heavy atom. The molecule has 5 aliphatic rings. The first-order valence-corrected chi connectivity index (χ1v) is 47.6. The third kappa shape index (κ3) is 23.1. The number of aryl methyl sites for hydroxylation is 9. The fourth-order valence-electron chi connectivity index (χ4n) is 20.2. The molecule has 12 aromatic rings. The second-order valence-electron chi connectivity index (χ2n) is 38.0. The monoisotopic (exact) mass is 1790 g/mol. The van der Waals surface area contributed by atoms with Crippen molar-refractivity contribution in [1.29, 1.82) is 0 Å². The molecular formula is C117H127FN8O8. The number of piperidine rings is 4. The molecule has 8 atom stereocenters. The van der Waals surface area contributed by atoms with Gasteiger partial charge in [0.25, 0.3) is 23.6 Å². The van der Waals surface area contributed by atoms with Crippen molar-refractivity contribution in [2.45, 2.75) is 189 Å². The van der Waals surface area contributed by atoms with Crippen molar-refractivity contribution in [2.24, 2.45) is 23.7 Å². The molecule has 134 heavy (non-hydrogen) atoms. The fraction of sp³-hybridized carbons (Fsp3) is 0.316. The van der Waals surface area contributed by atoms with Crippen LogP contribution >= 0.6 is 0 Å². The molecule has 8 amide bonds. The van der Waals surface area contributed by atoms with Crippen LogP contribution in [-0.2, 0) is 37.4 Å². The molecule has 1 aliphatic carbocycles. The van der Waals surface area contributed by atoms with E-state index >= 15 is 0 Å². The highest BCUT2D eigenvalue weighted by Gasteiger charge is 2.45. The molecule has 0 bridgehead atoms. The Balaban J connectivity index is 0.000000143. The van der Waals surface area contributed by atoms with Gasteiger partial charge < -0.3 is 40.9 Å². The second kappa shape index (κ2) is 44.2. The van der Waals surface area contributed by atoms with Gasteiger partial charge in [0.05, 0.1) is 47.8 Å². The number of carbonyl (C=O) groups is 8. The Hall–Kier alpha value is -13.7. The van der Waals surface area contributed by atoms with E-state index in [-0.39, 0.29) is 94.4 Å². The molecule has 16 nitrogen and oxygen atoms in total. The highest BCUT2D eigenvalue weighted by molar-refractivity contribution is 6.02. The first kappa shape index (κ1) is 96.4. The van der Waals surface area contributed by atoms with Gasteiger partial charge in [-0.05, 0) is 287 Å². The summed E-state index contributed by atoms with van der Waals surface area (Å²) in [5.74, 6) is -1.82. The Kier molecular flexibility index (Phi) is 31.8. The van der Waals surface area contributed by atoms with Crippen molar-refractivity contribution in [1.82, 2.24) is 19.6 Å². The van der Waals surface area contributed by atoms with Gasteiger partial charge in [-0.2, -0.15) is 0 Å². The molecule has 0 saturated carbocycles. The largest absolute Gasteiger partial charge is 0.331 e. The summed E-state index contributed by atoms with van der Waals surface area (Å²) in [7, 11) is 0. The van der Waals surface area contributed by atoms with E-state index < -0.39 is 12.0 Å². The highest BCUT2D eigenvalue weighted by atomic mass is 19.1. The van der Waals surface area contributed by atoms with E-state index in [1.165, 1.54) is 35.2 Å². The number of carbonyl (C=O) groups excluding carboxylic acids is 8. The van der Waals surface area contributed by atoms with Crippen molar-refractivity contribution in [3.05, 3.63) is 403 Å². The van der Waals surface area contributed by atoms with E-state index in [1.54, 1.807) is 17.0 Å². The van der Waals surface area contributed by atoms with Crippen LogP contribution in [0.5, 0.6) is 0 Å². The molecule has 0 aromatic heterocycles. The van der Waals surface area contributed by atoms with Crippen molar-refractivity contribution in [3.8, 4) is 0 Å². The summed E-state index contributed by atoms with van der Waals surface area (Å²) in [6.45, 7) is 26.9. The maximum absolute atomic E-state index is 14.3. The lowest BCUT2D eigenvalue weighted by Crippen LogP contribution is -2.46. The van der Waals surface area contributed by atoms with Crippen LogP contribution in [0.1, 0.15) is 247 Å². The molecule has 690 valence electrons. The average Bonchev–Trinajstić information content (AvgIpc) is 1.11. The van der Waals surface area contributed by atoms with Gasteiger partial charge in [0.15, 0.2) is 0 Å². The quantitative estimate of drug-likeness (QED) is 0.0690. The van der Waals surface area contributed by atoms with E-state index in [2.05, 4.69) is 80.2 Å². The second-order valence-corrected chi connectivity index (χ2v) is 38.0. The topological polar surface area (TPSA) is 198 Å². The number of rotatable bonds is 17. The van der Waals surface area contributed by atoms with Gasteiger partial charge in [-0.1, -0.05) is 253 Å². The Morgan fingerprint density at radius 2 is 0.649 bits per heavy atom. The zero-order valence-electron chi connectivity index (χ0n) is 79.4. The van der Waals surface area contributed by atoms with Crippen molar-refractivity contribution < 1.29 is 42.7 Å². The third-order valence-corrected chi connectivity index (χ3v) is 27.1. The Morgan fingerprint density at radius 1 is 0.313 bits per heavy atom. The number of hydrogen-bond donors (Lipinski definition) is 4. The smallest absolute Gasteiger partial charge is 0.254 e. The summed E-state index contributed by atoms with van der Waals surface area (Å²) in [5.41, 5.74) is 21.4. The molecule has 4 saturated heterocycles. The number of halogens is 1. The lowest BCUT2D eigenvalue weighted by Gasteiger charge is -2.41. The molecule has 4 N–H and O–H groups in total. The minimum Gasteiger partial charge on any atom is -0.331 e. The number of nitrogens with zero attached hydrogens (tertiary/aromatic N) is 4. The van der Waals surface area contributed by atoms with Gasteiger partial charge >= 0.3 is 0 Å². The summed E-state index contributed by atoms with van der Waals surface area (Å²) in [4.78, 5) is 117. The number of likely N-dealkylation sites (tertiary alicyclic amines) is 4. The standard InChI is InChI=1S/C30H33FN2O2.C30H34N2O2.C29H30N2O2.C28H30N2O2/c1-20-10-5-6-15-25(20)29(35)33-17-9-16-26(27(33)21-11-7-13-23(31)18-21)28(34)32-24-14-8-12-22(19-24)30(2,3)4;1-20(2)24-15-9-16-25(19-24)31-29(33)26-17-10-18-32(28(26)23-13-6-5-7-14-23)30(34)27-21(3)11-8-12-22(27)4;1-20-9-5-6-14-25(20)29(33)31-18-8-15-26(27(31)22-10-3-2-4-11-22)28(32)30-24-17-16-21-12-7-13-23(21)19-24;1-19-10-7-15-23(18-19)29-27(31)24-16-9-17-30(26(24)22-13-5-4-6-14-22)28(32)25-20(2)11-8-12-21(25)3/h5-8,10-15,18-19,26-27H,9,16-17H2,1-4H3,(H,32,34);5-9,11-16,19-20,26,28H,10,17-18H2,1-4H3,(H,31,33);2-6,9-11,14,16-17,19,26-27H,7-8,12-13,15,18H2,1H3,(H,30,32);4-8,10-15,18,24,26H,9,16-17H2,1-3H3,(H,29,31)/t26-,27-;26-,28-;26-,27-;24-,26-/m0000/s1. The maximum Gasteiger partial charge on any atom is 0.254 e. The van der Waals surface area contributed by atoms with Crippen molar-refractivity contribution in [3.63, 3.8) is 0 Å². The van der Waals surface area contributed by atoms with Crippen LogP contribution in [0.3, 0.4) is 0 Å². The predicted octanol–water partition coefficient (Wildman–Crippen LogP) is 24.9. The highest BCUT2D eigenvalue weighted by Crippen LogP contribution is 2.45. The molecule has 4 heterocycles. The number of anilines is 4. The molecule has 12 aromatic carbocycles. The molecule has 4 fully saturated rings. The SMILES string of the molecule is Cc1cccc(C)c1C(=O)N1CCC[C@H](C(=O)Nc2cccc(C(C)C)c2)[C@@H]1c1ccccc1.Cc1cccc(NC(=O)[C@H]2CCCN(C(=O)c3c(C)cccc3C)[C@H]2c2ccccc2)c1.Cc1ccccc1C(=O)N1CCC[C@H](C(=O)Nc2ccc3c(c2)CCC3)[C@@H]1c1ccccc1.Cc1ccccc1C(=O)N1CCC[C@H](C(=O)Nc2cccc(C(C)(C)C)c2)[C@@H]1c1cccc(F)c1. The summed E-state index contributed by atoms with van der Waals surface area (Å²) >= 11 is 0. The van der Waals surface area contributed by atoms with Crippen LogP contribution in [0.2, 0.25) is 0 Å². The van der Waals surface area contributed by atoms with Crippen LogP contribution in [0.15, 0.2) is 291 Å². The van der Waals surface area contributed by atoms with Crippen LogP contribution in [-0.4, -0.2) is 93.0 Å². The number of benzene rings is 12. The van der Waals surface area contributed by atoms with Gasteiger partial charge in [0, 0.05) is 71.2 Å². The normalized spacial score (nSPS) is 18.6. The molecule has 0 spiro atoms. The molecule has 0 radical (unpaired) electrons. The zero-order valence-corrected chi connectivity index (χ0v) is 79.4. The molecular weight excluding hydrogens is 1660 g/mol. The summed E-state index contributed by atoms with van der Waals surface area (Å²) in [6, 6.07) is 91.8. The number of hydrogen-bond acceptors (Lipinski definition) is 8. The number of nitrogens with one attached hydrogen (secondary N) is 4. The van der Waals surface area contributed by atoms with E-state index in [4.69, 9.17) is 0 Å². The Labute approximate surface area is 790 Å². The van der Waals surface area contributed by atoms with Gasteiger partial charge in [0.1, 0.15) is 5.82 Å². The molecule has 0 unspecified atom stereocenters. The number of amides is 8. The van der Waals surface area contributed by atoms with Gasteiger partial charge in [-0.15, -0.1) is 0 Å². The lowest BCUT2D eigenvalue weighted by atomic mass is 9.83. The van der Waals surface area contributed by atoms with Crippen LogP contribution in [0.4, 0.5) is 27.1 Å². The first-order valence-electron chi connectivity index (χ1n) is 47.6. The zero-order chi connectivity index (χ0) is 94.9. The summed E-state index contributed by atoms with van der Waals surface area (Å²) in [5, 5.41) is 12.5. The molecule has 17 rings (SSSR count). The predicted molar refractivity (Wildman–Crippen MR) is 536 cm³/mol. The van der Waals surface area contributed by atoms with Crippen molar-refractivity contribution >= 4 is 70.0 Å². The van der Waals surface area contributed by atoms with Gasteiger partial charge in [-0.25, -0.2) is 4.39 Å². The van der Waals surface area contributed by atoms with Crippen LogP contribution < -0.4 is 21.3 Å². The van der Waals surface area contributed by atoms with Crippen LogP contribution in [0, 0.1) is 78.0 Å². The summed E-state index contributed by atoms with van der Waals surface area (Å²) < 4.78 is 14.3. The summed E-state index contributed by atoms with van der Waals surface area (Å²) in [6.07, 6.45) is 9.34. The van der Waals surface area contributed by atoms with E-state index in [1.807, 2.05) is 306 Å². The Bertz CT molecular complexity index is 6150. The van der Waals surface area contributed by atoms with E-state index in [9.17, 15) is 42.7 Å². The molecule has 4 aliphatic heterocycles. The minimum atomic E-state index is -0.558. The van der Waals surface area contributed by atoms with Crippen molar-refractivity contribution in [2.75, 3.05) is 47.4 Å². The molecule has 17 heteroatoms. The maximum atomic E-state index is 14.3. The number of fused-ring (bicyclic) bond motifs is 1.